The molecular weight excluding hydrogens is 825 g/mol. The Morgan fingerprint density at radius 1 is 0.491 bits per heavy atom. The smallest absolute Gasteiger partial charge is 0.128 e. The van der Waals surface area contributed by atoms with Crippen LogP contribution in [0.4, 0.5) is 0 Å². The van der Waals surface area contributed by atoms with Gasteiger partial charge in [0.2, 0.25) is 0 Å². The topological polar surface area (TPSA) is 38.9 Å². The SMILES string of the molecule is Cc1c[c-]c(-c2ccc(C)cn2)cc1.Cc1cnc2cc1c1cccc(c1)c1cccc(c1)c1cccc(c1)c1cccc3c4cc[c-]c2c4oc13.[Ir]. The first kappa shape index (κ1) is 34.2. The summed E-state index contributed by atoms with van der Waals surface area (Å²) in [6.07, 6.45) is 3.83. The van der Waals surface area contributed by atoms with Crippen molar-refractivity contribution in [2.24, 2.45) is 0 Å². The van der Waals surface area contributed by atoms with E-state index >= 15 is 0 Å². The van der Waals surface area contributed by atoms with Crippen LogP contribution < -0.4 is 0 Å². The number of aromatic nitrogens is 2. The number of pyridine rings is 2. The molecule has 0 aliphatic rings. The Hall–Kier alpha value is -5.93. The second kappa shape index (κ2) is 14.2. The van der Waals surface area contributed by atoms with Gasteiger partial charge in [0.05, 0.1) is 5.58 Å². The average molecular weight is 859 g/mol. The van der Waals surface area contributed by atoms with Crippen LogP contribution >= 0.6 is 0 Å². The molecule has 6 aromatic carbocycles. The largest absolute Gasteiger partial charge is 0.500 e. The van der Waals surface area contributed by atoms with Crippen LogP contribution in [0, 0.1) is 32.9 Å². The predicted octanol–water partition coefficient (Wildman–Crippen LogP) is 13.1. The number of hydrogen-bond donors (Lipinski definition) is 0. The molecule has 0 saturated heterocycles. The molecule has 0 aliphatic heterocycles. The number of benzene rings is 6. The van der Waals surface area contributed by atoms with Gasteiger partial charge in [0, 0.05) is 43.3 Å². The predicted molar refractivity (Wildman–Crippen MR) is 218 cm³/mol. The number of fused-ring (bicyclic) bond motifs is 14. The summed E-state index contributed by atoms with van der Waals surface area (Å²) in [6, 6.07) is 55.8. The van der Waals surface area contributed by atoms with E-state index < -0.39 is 0 Å². The van der Waals surface area contributed by atoms with Crippen LogP contribution in [0.15, 0.2) is 156 Å². The van der Waals surface area contributed by atoms with Gasteiger partial charge in [0.25, 0.3) is 0 Å². The maximum Gasteiger partial charge on any atom is 0.128 e. The van der Waals surface area contributed by atoms with E-state index in [9.17, 15) is 0 Å². The fourth-order valence-corrected chi connectivity index (χ4v) is 7.05. The van der Waals surface area contributed by atoms with Gasteiger partial charge in [-0.15, -0.1) is 53.6 Å². The third kappa shape index (κ3) is 6.53. The zero-order valence-corrected chi connectivity index (χ0v) is 32.0. The van der Waals surface area contributed by atoms with Crippen molar-refractivity contribution in [2.45, 2.75) is 20.8 Å². The molecule has 0 saturated carbocycles. The first-order valence-electron chi connectivity index (χ1n) is 17.5. The fourth-order valence-electron chi connectivity index (χ4n) is 7.05. The average Bonchev–Trinajstić information content (AvgIpc) is 3.58. The first-order chi connectivity index (χ1) is 25.5. The van der Waals surface area contributed by atoms with E-state index in [1.165, 1.54) is 38.1 Å². The Bertz CT molecular complexity index is 2990. The van der Waals surface area contributed by atoms with Crippen molar-refractivity contribution >= 4 is 75.9 Å². The van der Waals surface area contributed by atoms with E-state index in [1.54, 1.807) is 0 Å². The molecule has 0 N–H and O–H groups in total. The zero-order valence-electron chi connectivity index (χ0n) is 29.6. The van der Waals surface area contributed by atoms with E-state index in [1.807, 2.05) is 43.6 Å². The van der Waals surface area contributed by atoms with Crippen molar-refractivity contribution in [1.29, 1.82) is 0 Å². The van der Waals surface area contributed by atoms with Crippen LogP contribution in [-0.2, 0) is 20.1 Å². The van der Waals surface area contributed by atoms with Crippen molar-refractivity contribution in [1.82, 2.24) is 9.97 Å². The van der Waals surface area contributed by atoms with Crippen molar-refractivity contribution in [2.75, 3.05) is 0 Å². The van der Waals surface area contributed by atoms with Crippen molar-refractivity contribution in [3.8, 4) is 11.3 Å². The monoisotopic (exact) mass is 859 g/mol. The van der Waals surface area contributed by atoms with Crippen LogP contribution in [0.5, 0.6) is 0 Å². The van der Waals surface area contributed by atoms with Crippen LogP contribution in [0.3, 0.4) is 0 Å². The Morgan fingerprint density at radius 2 is 1.09 bits per heavy atom. The first-order valence-corrected chi connectivity index (χ1v) is 17.5. The van der Waals surface area contributed by atoms with Gasteiger partial charge >= 0.3 is 0 Å². The molecule has 0 unspecified atom stereocenters. The summed E-state index contributed by atoms with van der Waals surface area (Å²) in [5.41, 5.74) is 8.13. The molecule has 0 spiro atoms. The molecule has 257 valence electrons. The van der Waals surface area contributed by atoms with Crippen LogP contribution in [0.25, 0.3) is 87.2 Å². The summed E-state index contributed by atoms with van der Waals surface area (Å²) in [5.74, 6) is 0. The molecule has 3 nitrogen and oxygen atoms in total. The van der Waals surface area contributed by atoms with Gasteiger partial charge in [0.1, 0.15) is 5.58 Å². The quantitative estimate of drug-likeness (QED) is 0.154. The Kier molecular flexibility index (Phi) is 9.18. The zero-order chi connectivity index (χ0) is 35.2. The molecule has 0 atom stereocenters. The van der Waals surface area contributed by atoms with Crippen LogP contribution in [-0.4, -0.2) is 9.97 Å². The minimum Gasteiger partial charge on any atom is -0.500 e. The van der Waals surface area contributed by atoms with Crippen LogP contribution in [0.2, 0.25) is 0 Å². The van der Waals surface area contributed by atoms with E-state index in [4.69, 9.17) is 9.40 Å². The molecule has 53 heavy (non-hydrogen) atoms. The molecule has 10 aromatic rings. The number of para-hydroxylation sites is 1. The minimum atomic E-state index is 0. The third-order valence-electron chi connectivity index (χ3n) is 9.85. The summed E-state index contributed by atoms with van der Waals surface area (Å²) in [6.45, 7) is 6.21. The second-order valence-electron chi connectivity index (χ2n) is 13.5. The molecule has 4 heterocycles. The maximum absolute atomic E-state index is 6.68. The van der Waals surface area contributed by atoms with Gasteiger partial charge in [-0.1, -0.05) is 109 Å². The molecule has 0 amide bonds. The van der Waals surface area contributed by atoms with E-state index in [-0.39, 0.29) is 20.1 Å². The number of furan rings is 1. The summed E-state index contributed by atoms with van der Waals surface area (Å²) >= 11 is 0. The van der Waals surface area contributed by atoms with Crippen molar-refractivity contribution in [3.63, 3.8) is 0 Å². The molecule has 0 aliphatic carbocycles. The minimum absolute atomic E-state index is 0. The van der Waals surface area contributed by atoms with Gasteiger partial charge in [0.15, 0.2) is 0 Å². The standard InChI is InChI=1S/C36H22NO.C13H12N.Ir/c1-22-21-37-34-20-33(22)28-12-4-10-26(19-28)24-8-2-7-23(17-24)25-9-3-11-27(18-25)29-13-5-14-30-31-15-6-16-32(34)36(31)38-35(29)30;1-10-3-6-12(7-4-10)13-8-5-11(2)9-14-13;/h2-15,17-21H,1H3;3-6,8-9H,1-2H3;/q2*-1;. The van der Waals surface area contributed by atoms with Gasteiger partial charge in [-0.2, -0.15) is 0 Å². The molecule has 1 radical (unpaired) electrons. The van der Waals surface area contributed by atoms with Gasteiger partial charge < -0.3 is 14.4 Å². The summed E-state index contributed by atoms with van der Waals surface area (Å²) in [7, 11) is 0. The molecule has 4 aromatic heterocycles. The molecule has 0 fully saturated rings. The van der Waals surface area contributed by atoms with E-state index in [0.717, 1.165) is 65.8 Å². The van der Waals surface area contributed by atoms with E-state index in [0.29, 0.717) is 0 Å². The van der Waals surface area contributed by atoms with Crippen LogP contribution in [0.1, 0.15) is 16.7 Å². The van der Waals surface area contributed by atoms with Gasteiger partial charge in [-0.25, -0.2) is 0 Å². The number of hydrogen-bond acceptors (Lipinski definition) is 3. The fraction of sp³-hybridized carbons (Fsp3) is 0.0612. The summed E-state index contributed by atoms with van der Waals surface area (Å²) in [5, 5.41) is 12.3. The Balaban J connectivity index is 0.000000226. The molecule has 4 heteroatoms. The number of rotatable bonds is 1. The molecule has 10 rings (SSSR count). The van der Waals surface area contributed by atoms with Gasteiger partial charge in [-0.3, -0.25) is 0 Å². The van der Waals surface area contributed by atoms with E-state index in [2.05, 4.69) is 146 Å². The maximum atomic E-state index is 6.68. The molecular formula is C49H34IrN2O-2. The second-order valence-corrected chi connectivity index (χ2v) is 13.5. The summed E-state index contributed by atoms with van der Waals surface area (Å²) < 4.78 is 6.68. The molecule has 10 bridgehead atoms. The van der Waals surface area contributed by atoms with Gasteiger partial charge in [-0.05, 0) is 92.1 Å². The third-order valence-corrected chi connectivity index (χ3v) is 9.85. The normalized spacial score (nSPS) is 11.2. The van der Waals surface area contributed by atoms with Crippen molar-refractivity contribution < 1.29 is 24.5 Å². The number of nitrogens with zero attached hydrogens (tertiary/aromatic N) is 2. The summed E-state index contributed by atoms with van der Waals surface area (Å²) in [4.78, 5) is 9.18. The Labute approximate surface area is 321 Å². The Morgan fingerprint density at radius 3 is 1.75 bits per heavy atom. The van der Waals surface area contributed by atoms with Crippen molar-refractivity contribution in [3.05, 3.63) is 181 Å². The number of aryl methyl sites for hydroxylation is 3.